The number of aliphatic carboxylic acids is 1. The number of carbonyl (C=O) groups is 1. The van der Waals surface area contributed by atoms with Gasteiger partial charge in [-0.05, 0) is 0 Å². The number of hydrogen-bond acceptors (Lipinski definition) is 3. The maximum absolute atomic E-state index is 10.8. The number of aromatic nitrogens is 3. The first-order chi connectivity index (χ1) is 6.59. The first kappa shape index (κ1) is 9.18. The largest absolute Gasteiger partial charge is 0.481 e. The Kier molecular flexibility index (Phi) is 2.02. The molecule has 0 aliphatic carbocycles. The van der Waals surface area contributed by atoms with Crippen LogP contribution in [0.5, 0.6) is 0 Å². The standard InChI is InChI=1S/C9H13N3O2/c1-5(2)8-11-10-7-3-6(9(13)14)4-12(7)8/h5-6H,3-4H2,1-2H3,(H,13,14). The lowest BCUT2D eigenvalue weighted by molar-refractivity contribution is -0.141. The van der Waals surface area contributed by atoms with Crippen LogP contribution in [-0.2, 0) is 17.8 Å². The molecule has 5 nitrogen and oxygen atoms in total. The first-order valence-corrected chi connectivity index (χ1v) is 4.74. The van der Waals surface area contributed by atoms with Crippen molar-refractivity contribution in [3.63, 3.8) is 0 Å². The molecule has 0 bridgehead atoms. The van der Waals surface area contributed by atoms with Gasteiger partial charge in [0.25, 0.3) is 0 Å². The topological polar surface area (TPSA) is 68.0 Å². The van der Waals surface area contributed by atoms with Crippen molar-refractivity contribution in [2.75, 3.05) is 0 Å². The average molecular weight is 195 g/mol. The van der Waals surface area contributed by atoms with E-state index in [0.29, 0.717) is 18.9 Å². The van der Waals surface area contributed by atoms with Gasteiger partial charge in [0.2, 0.25) is 0 Å². The van der Waals surface area contributed by atoms with Crippen molar-refractivity contribution in [3.05, 3.63) is 11.6 Å². The van der Waals surface area contributed by atoms with E-state index in [-0.39, 0.29) is 5.92 Å². The van der Waals surface area contributed by atoms with E-state index in [1.54, 1.807) is 0 Å². The quantitative estimate of drug-likeness (QED) is 0.752. The molecule has 2 rings (SSSR count). The molecule has 14 heavy (non-hydrogen) atoms. The van der Waals surface area contributed by atoms with Gasteiger partial charge in [0.1, 0.15) is 11.6 Å². The monoisotopic (exact) mass is 195 g/mol. The van der Waals surface area contributed by atoms with Crippen LogP contribution in [0, 0.1) is 5.92 Å². The summed E-state index contributed by atoms with van der Waals surface area (Å²) in [6.07, 6.45) is 0.509. The number of hydrogen-bond donors (Lipinski definition) is 1. The summed E-state index contributed by atoms with van der Waals surface area (Å²) in [5.74, 6) is 0.928. The van der Waals surface area contributed by atoms with Gasteiger partial charge < -0.3 is 9.67 Å². The van der Waals surface area contributed by atoms with E-state index in [1.807, 2.05) is 18.4 Å². The van der Waals surface area contributed by atoms with E-state index >= 15 is 0 Å². The van der Waals surface area contributed by atoms with Crippen molar-refractivity contribution < 1.29 is 9.90 Å². The molecule has 1 aromatic heterocycles. The maximum Gasteiger partial charge on any atom is 0.308 e. The van der Waals surface area contributed by atoms with Crippen LogP contribution in [0.15, 0.2) is 0 Å². The van der Waals surface area contributed by atoms with Crippen LogP contribution in [0.4, 0.5) is 0 Å². The summed E-state index contributed by atoms with van der Waals surface area (Å²) >= 11 is 0. The fourth-order valence-electron chi connectivity index (χ4n) is 1.80. The highest BCUT2D eigenvalue weighted by molar-refractivity contribution is 5.70. The summed E-state index contributed by atoms with van der Waals surface area (Å²) < 4.78 is 1.93. The van der Waals surface area contributed by atoms with Crippen molar-refractivity contribution in [2.24, 2.45) is 5.92 Å². The normalized spacial score (nSPS) is 20.1. The first-order valence-electron chi connectivity index (χ1n) is 4.74. The molecule has 0 saturated carbocycles. The zero-order valence-electron chi connectivity index (χ0n) is 8.27. The Morgan fingerprint density at radius 3 is 2.86 bits per heavy atom. The molecule has 0 saturated heterocycles. The van der Waals surface area contributed by atoms with Crippen LogP contribution < -0.4 is 0 Å². The van der Waals surface area contributed by atoms with E-state index in [1.165, 1.54) is 0 Å². The van der Waals surface area contributed by atoms with Gasteiger partial charge in [-0.1, -0.05) is 13.8 Å². The van der Waals surface area contributed by atoms with E-state index in [0.717, 1.165) is 11.6 Å². The highest BCUT2D eigenvalue weighted by Crippen LogP contribution is 2.23. The van der Waals surface area contributed by atoms with Gasteiger partial charge in [-0.3, -0.25) is 4.79 Å². The third-order valence-corrected chi connectivity index (χ3v) is 2.55. The molecule has 0 amide bonds. The highest BCUT2D eigenvalue weighted by atomic mass is 16.4. The van der Waals surface area contributed by atoms with Gasteiger partial charge in [0, 0.05) is 18.9 Å². The Morgan fingerprint density at radius 1 is 1.57 bits per heavy atom. The number of rotatable bonds is 2. The summed E-state index contributed by atoms with van der Waals surface area (Å²) in [5, 5.41) is 16.9. The number of fused-ring (bicyclic) bond motifs is 1. The fourth-order valence-corrected chi connectivity index (χ4v) is 1.80. The third kappa shape index (κ3) is 1.29. The molecule has 1 unspecified atom stereocenters. The molecular formula is C9H13N3O2. The second-order valence-corrected chi connectivity index (χ2v) is 3.98. The van der Waals surface area contributed by atoms with E-state index in [2.05, 4.69) is 10.2 Å². The molecule has 5 heteroatoms. The summed E-state index contributed by atoms with van der Waals surface area (Å²) in [4.78, 5) is 10.8. The van der Waals surface area contributed by atoms with Crippen molar-refractivity contribution in [1.82, 2.24) is 14.8 Å². The molecule has 0 aromatic carbocycles. The van der Waals surface area contributed by atoms with Crippen LogP contribution in [0.1, 0.15) is 31.4 Å². The SMILES string of the molecule is CC(C)c1nnc2n1CC(C(=O)O)C2. The summed E-state index contributed by atoms with van der Waals surface area (Å²) in [6, 6.07) is 0. The van der Waals surface area contributed by atoms with Crippen molar-refractivity contribution in [3.8, 4) is 0 Å². The molecule has 1 N–H and O–H groups in total. The maximum atomic E-state index is 10.8. The number of nitrogens with zero attached hydrogens (tertiary/aromatic N) is 3. The molecular weight excluding hydrogens is 182 g/mol. The van der Waals surface area contributed by atoms with Crippen LogP contribution in [-0.4, -0.2) is 25.8 Å². The Morgan fingerprint density at radius 2 is 2.29 bits per heavy atom. The van der Waals surface area contributed by atoms with Crippen LogP contribution >= 0.6 is 0 Å². The Bertz CT molecular complexity index is 370. The van der Waals surface area contributed by atoms with E-state index in [9.17, 15) is 4.79 Å². The lowest BCUT2D eigenvalue weighted by atomic mass is 10.1. The predicted molar refractivity (Wildman–Crippen MR) is 48.9 cm³/mol. The molecule has 1 aliphatic heterocycles. The minimum Gasteiger partial charge on any atom is -0.481 e. The molecule has 0 radical (unpaired) electrons. The van der Waals surface area contributed by atoms with Crippen molar-refractivity contribution in [1.29, 1.82) is 0 Å². The van der Waals surface area contributed by atoms with Gasteiger partial charge in [0.05, 0.1) is 5.92 Å². The summed E-state index contributed by atoms with van der Waals surface area (Å²) in [6.45, 7) is 4.59. The zero-order chi connectivity index (χ0) is 10.3. The van der Waals surface area contributed by atoms with Gasteiger partial charge in [-0.25, -0.2) is 0 Å². The molecule has 2 heterocycles. The van der Waals surface area contributed by atoms with Crippen LogP contribution in [0.3, 0.4) is 0 Å². The molecule has 1 aromatic rings. The smallest absolute Gasteiger partial charge is 0.308 e. The summed E-state index contributed by atoms with van der Waals surface area (Å²) in [5.41, 5.74) is 0. The van der Waals surface area contributed by atoms with Gasteiger partial charge >= 0.3 is 5.97 Å². The predicted octanol–water partition coefficient (Wildman–Crippen LogP) is 0.658. The number of carboxylic acid groups (broad SMARTS) is 1. The minimum atomic E-state index is -0.745. The molecule has 1 aliphatic rings. The zero-order valence-corrected chi connectivity index (χ0v) is 8.27. The molecule has 1 atom stereocenters. The third-order valence-electron chi connectivity index (χ3n) is 2.55. The molecule has 76 valence electrons. The number of carboxylic acids is 1. The Labute approximate surface area is 81.8 Å². The fraction of sp³-hybridized carbons (Fsp3) is 0.667. The Hall–Kier alpha value is -1.39. The lowest BCUT2D eigenvalue weighted by Gasteiger charge is -2.06. The second kappa shape index (κ2) is 3.08. The van der Waals surface area contributed by atoms with E-state index in [4.69, 9.17) is 5.11 Å². The lowest BCUT2D eigenvalue weighted by Crippen LogP contribution is -2.16. The highest BCUT2D eigenvalue weighted by Gasteiger charge is 2.31. The second-order valence-electron chi connectivity index (χ2n) is 3.98. The van der Waals surface area contributed by atoms with Gasteiger partial charge in [0.15, 0.2) is 0 Å². The van der Waals surface area contributed by atoms with Crippen molar-refractivity contribution >= 4 is 5.97 Å². The summed E-state index contributed by atoms with van der Waals surface area (Å²) in [7, 11) is 0. The molecule has 0 fully saturated rings. The van der Waals surface area contributed by atoms with Gasteiger partial charge in [-0.2, -0.15) is 0 Å². The average Bonchev–Trinajstić information content (AvgIpc) is 2.58. The van der Waals surface area contributed by atoms with Crippen LogP contribution in [0.2, 0.25) is 0 Å². The molecule has 0 spiro atoms. The Balaban J connectivity index is 2.28. The minimum absolute atomic E-state index is 0.295. The van der Waals surface area contributed by atoms with E-state index < -0.39 is 5.97 Å². The van der Waals surface area contributed by atoms with Gasteiger partial charge in [-0.15, -0.1) is 10.2 Å². The van der Waals surface area contributed by atoms with Crippen molar-refractivity contribution in [2.45, 2.75) is 32.7 Å². The van der Waals surface area contributed by atoms with Crippen LogP contribution in [0.25, 0.3) is 0 Å².